The van der Waals surface area contributed by atoms with Crippen LogP contribution in [-0.4, -0.2) is 84.8 Å². The molecule has 0 aliphatic carbocycles. The molecule has 3 aromatic heterocycles. The van der Waals surface area contributed by atoms with Gasteiger partial charge in [-0.1, -0.05) is 0 Å². The number of hydrogen-bond donors (Lipinski definition) is 0. The number of amides is 1. The number of piperidine rings is 1. The van der Waals surface area contributed by atoms with Crippen molar-refractivity contribution in [1.82, 2.24) is 39.6 Å². The number of carbonyl (C=O) groups excluding carboxylic acids is 1. The zero-order chi connectivity index (χ0) is 21.0. The molecule has 1 unspecified atom stereocenters. The highest BCUT2D eigenvalue weighted by atomic mass is 16.2. The first kappa shape index (κ1) is 19.3. The number of piperazine rings is 1. The van der Waals surface area contributed by atoms with Crippen molar-refractivity contribution in [2.24, 2.45) is 5.92 Å². The van der Waals surface area contributed by atoms with Crippen LogP contribution < -0.4 is 9.80 Å². The molecule has 31 heavy (non-hydrogen) atoms. The first-order valence-corrected chi connectivity index (χ1v) is 10.5. The van der Waals surface area contributed by atoms with Gasteiger partial charge in [0.15, 0.2) is 5.82 Å². The molecule has 1 atom stereocenters. The molecular formula is C20H24N10O. The lowest BCUT2D eigenvalue weighted by atomic mass is 9.96. The van der Waals surface area contributed by atoms with Gasteiger partial charge in [0.25, 0.3) is 0 Å². The average Bonchev–Trinajstić information content (AvgIpc) is 3.40. The van der Waals surface area contributed by atoms with Gasteiger partial charge in [0, 0.05) is 57.7 Å². The molecule has 0 spiro atoms. The molecule has 0 bridgehead atoms. The summed E-state index contributed by atoms with van der Waals surface area (Å²) in [7, 11) is 0. The quantitative estimate of drug-likeness (QED) is 0.593. The molecular weight excluding hydrogens is 396 g/mol. The van der Waals surface area contributed by atoms with Crippen molar-refractivity contribution in [2.45, 2.75) is 12.8 Å². The Morgan fingerprint density at radius 3 is 2.48 bits per heavy atom. The summed E-state index contributed by atoms with van der Waals surface area (Å²) >= 11 is 0. The van der Waals surface area contributed by atoms with E-state index < -0.39 is 0 Å². The second kappa shape index (κ2) is 8.62. The zero-order valence-electron chi connectivity index (χ0n) is 17.2. The van der Waals surface area contributed by atoms with Gasteiger partial charge in [-0.15, -0.1) is 0 Å². The van der Waals surface area contributed by atoms with Crippen LogP contribution in [0.2, 0.25) is 0 Å². The van der Waals surface area contributed by atoms with Crippen molar-refractivity contribution in [3.8, 4) is 5.82 Å². The first-order valence-electron chi connectivity index (χ1n) is 10.5. The van der Waals surface area contributed by atoms with Crippen molar-refractivity contribution in [3.05, 3.63) is 43.5 Å². The molecule has 2 aliphatic rings. The molecule has 0 radical (unpaired) electrons. The Balaban J connectivity index is 1.22. The van der Waals surface area contributed by atoms with E-state index in [0.29, 0.717) is 25.5 Å². The summed E-state index contributed by atoms with van der Waals surface area (Å²) in [6, 6.07) is 3.70. The topological polar surface area (TPSA) is 109 Å². The molecule has 5 heterocycles. The van der Waals surface area contributed by atoms with Crippen molar-refractivity contribution in [2.75, 3.05) is 49.1 Å². The van der Waals surface area contributed by atoms with Gasteiger partial charge in [-0.25, -0.2) is 29.6 Å². The van der Waals surface area contributed by atoms with Gasteiger partial charge in [0.2, 0.25) is 11.9 Å². The molecule has 5 rings (SSSR count). The maximum absolute atomic E-state index is 13.2. The molecule has 160 valence electrons. The summed E-state index contributed by atoms with van der Waals surface area (Å²) in [6.07, 6.45) is 9.96. The van der Waals surface area contributed by atoms with Crippen LogP contribution in [0.5, 0.6) is 0 Å². The van der Waals surface area contributed by atoms with Crippen molar-refractivity contribution in [3.63, 3.8) is 0 Å². The summed E-state index contributed by atoms with van der Waals surface area (Å²) in [4.78, 5) is 40.8. The summed E-state index contributed by atoms with van der Waals surface area (Å²) in [5.41, 5.74) is 0. The van der Waals surface area contributed by atoms with Gasteiger partial charge in [0.1, 0.15) is 24.8 Å². The maximum atomic E-state index is 13.2. The smallest absolute Gasteiger partial charge is 0.227 e. The van der Waals surface area contributed by atoms with Crippen LogP contribution in [0.1, 0.15) is 12.8 Å². The Labute approximate surface area is 179 Å². The highest BCUT2D eigenvalue weighted by Gasteiger charge is 2.32. The second-order valence-corrected chi connectivity index (χ2v) is 7.72. The normalized spacial score (nSPS) is 19.5. The average molecular weight is 420 g/mol. The third kappa shape index (κ3) is 4.16. The largest absolute Gasteiger partial charge is 0.356 e. The Hall–Kier alpha value is -3.63. The summed E-state index contributed by atoms with van der Waals surface area (Å²) in [6.45, 7) is 4.42. The lowest BCUT2D eigenvalue weighted by Gasteiger charge is -2.39. The van der Waals surface area contributed by atoms with E-state index in [-0.39, 0.29) is 11.8 Å². The van der Waals surface area contributed by atoms with Crippen molar-refractivity contribution >= 4 is 17.7 Å². The fourth-order valence-electron chi connectivity index (χ4n) is 4.19. The van der Waals surface area contributed by atoms with Gasteiger partial charge >= 0.3 is 0 Å². The molecule has 2 aliphatic heterocycles. The number of nitrogens with zero attached hydrogens (tertiary/aromatic N) is 10. The maximum Gasteiger partial charge on any atom is 0.227 e. The fourth-order valence-corrected chi connectivity index (χ4v) is 4.19. The third-order valence-electron chi connectivity index (χ3n) is 5.81. The van der Waals surface area contributed by atoms with E-state index in [2.05, 4.69) is 39.8 Å². The van der Waals surface area contributed by atoms with E-state index in [9.17, 15) is 4.79 Å². The minimum Gasteiger partial charge on any atom is -0.356 e. The van der Waals surface area contributed by atoms with E-state index in [1.807, 2.05) is 17.0 Å². The monoisotopic (exact) mass is 420 g/mol. The van der Waals surface area contributed by atoms with Crippen LogP contribution in [0, 0.1) is 5.92 Å². The van der Waals surface area contributed by atoms with Gasteiger partial charge in [-0.05, 0) is 18.9 Å². The molecule has 11 heteroatoms. The molecule has 1 amide bonds. The Kier molecular flexibility index (Phi) is 5.38. The highest BCUT2D eigenvalue weighted by molar-refractivity contribution is 5.80. The Morgan fingerprint density at radius 1 is 0.903 bits per heavy atom. The van der Waals surface area contributed by atoms with Crippen LogP contribution >= 0.6 is 0 Å². The molecule has 3 aromatic rings. The van der Waals surface area contributed by atoms with E-state index >= 15 is 0 Å². The van der Waals surface area contributed by atoms with Gasteiger partial charge in [0.05, 0.1) is 5.92 Å². The van der Waals surface area contributed by atoms with E-state index in [0.717, 1.165) is 44.2 Å². The standard InChI is InChI=1S/C20H24N10O/c31-19(27-7-9-28(10-8-27)20-22-4-2-5-23-20)16-3-1-6-29(12-16)17-11-18(25-14-24-17)30-15-21-13-26-30/h2,4-5,11,13-16H,1,3,6-10,12H2. The second-order valence-electron chi connectivity index (χ2n) is 7.72. The SMILES string of the molecule is O=C(C1CCCN(c2cc(-n3cncn3)ncn2)C1)N1CCN(c2ncccn2)CC1. The number of carbonyl (C=O) groups is 1. The highest BCUT2D eigenvalue weighted by Crippen LogP contribution is 2.24. The molecule has 2 saturated heterocycles. The number of anilines is 2. The summed E-state index contributed by atoms with van der Waals surface area (Å²) < 4.78 is 1.60. The minimum absolute atomic E-state index is 0.0296. The van der Waals surface area contributed by atoms with Gasteiger partial charge < -0.3 is 14.7 Å². The number of rotatable bonds is 4. The van der Waals surface area contributed by atoms with Gasteiger partial charge in [-0.3, -0.25) is 4.79 Å². The summed E-state index contributed by atoms with van der Waals surface area (Å²) in [5.74, 6) is 2.39. The predicted octanol–water partition coefficient (Wildman–Crippen LogP) is 0.413. The van der Waals surface area contributed by atoms with Gasteiger partial charge in [-0.2, -0.15) is 5.10 Å². The van der Waals surface area contributed by atoms with Crippen LogP contribution in [0.3, 0.4) is 0 Å². The van der Waals surface area contributed by atoms with Crippen LogP contribution in [-0.2, 0) is 4.79 Å². The van der Waals surface area contributed by atoms with Crippen LogP contribution in [0.15, 0.2) is 43.5 Å². The Bertz CT molecular complexity index is 1000. The molecule has 2 fully saturated rings. The van der Waals surface area contributed by atoms with E-state index in [1.165, 1.54) is 12.7 Å². The van der Waals surface area contributed by atoms with Crippen molar-refractivity contribution in [1.29, 1.82) is 0 Å². The fraction of sp³-hybridized carbons (Fsp3) is 0.450. The van der Waals surface area contributed by atoms with E-state index in [1.54, 1.807) is 23.4 Å². The van der Waals surface area contributed by atoms with Crippen molar-refractivity contribution < 1.29 is 4.79 Å². The molecule has 0 N–H and O–H groups in total. The van der Waals surface area contributed by atoms with Crippen LogP contribution in [0.4, 0.5) is 11.8 Å². The summed E-state index contributed by atoms with van der Waals surface area (Å²) in [5, 5.41) is 4.13. The number of aromatic nitrogens is 7. The number of hydrogen-bond acceptors (Lipinski definition) is 9. The molecule has 0 aromatic carbocycles. The third-order valence-corrected chi connectivity index (χ3v) is 5.81. The zero-order valence-corrected chi connectivity index (χ0v) is 17.2. The lowest BCUT2D eigenvalue weighted by molar-refractivity contribution is -0.136. The minimum atomic E-state index is -0.0296. The predicted molar refractivity (Wildman–Crippen MR) is 113 cm³/mol. The Morgan fingerprint density at radius 2 is 1.71 bits per heavy atom. The van der Waals surface area contributed by atoms with Crippen LogP contribution in [0.25, 0.3) is 5.82 Å². The lowest BCUT2D eigenvalue weighted by Crippen LogP contribution is -2.53. The first-order chi connectivity index (χ1) is 15.3. The molecule has 0 saturated carbocycles. The molecule has 11 nitrogen and oxygen atoms in total. The van der Waals surface area contributed by atoms with E-state index in [4.69, 9.17) is 0 Å².